The van der Waals surface area contributed by atoms with Gasteiger partial charge in [-0.3, -0.25) is 9.59 Å². The predicted octanol–water partition coefficient (Wildman–Crippen LogP) is 1.93. The first-order valence-corrected chi connectivity index (χ1v) is 5.48. The maximum atomic E-state index is 11.4. The monoisotopic (exact) mass is 222 g/mol. The molecule has 88 valence electrons. The first-order chi connectivity index (χ1) is 7.56. The zero-order valence-corrected chi connectivity index (χ0v) is 9.81. The van der Waals surface area contributed by atoms with Gasteiger partial charge >= 0.3 is 0 Å². The number of ketones is 2. The third-order valence-electron chi connectivity index (χ3n) is 2.78. The fraction of sp³-hybridized carbons (Fsp3) is 0.538. The van der Waals surface area contributed by atoms with Gasteiger partial charge < -0.3 is 4.74 Å². The van der Waals surface area contributed by atoms with E-state index in [0.717, 1.165) is 6.42 Å². The van der Waals surface area contributed by atoms with Crippen LogP contribution >= 0.6 is 0 Å². The highest BCUT2D eigenvalue weighted by Gasteiger charge is 2.30. The lowest BCUT2D eigenvalue weighted by molar-refractivity contribution is -0.133. The van der Waals surface area contributed by atoms with Crippen LogP contribution in [0.3, 0.4) is 0 Å². The minimum Gasteiger partial charge on any atom is -0.373 e. The van der Waals surface area contributed by atoms with E-state index in [1.54, 1.807) is 6.08 Å². The van der Waals surface area contributed by atoms with Crippen LogP contribution in [-0.4, -0.2) is 24.3 Å². The summed E-state index contributed by atoms with van der Waals surface area (Å²) in [5, 5.41) is 0. The van der Waals surface area contributed by atoms with Gasteiger partial charge in [0.15, 0.2) is 0 Å². The van der Waals surface area contributed by atoms with E-state index in [1.165, 1.54) is 13.8 Å². The van der Waals surface area contributed by atoms with Crippen LogP contribution < -0.4 is 0 Å². The van der Waals surface area contributed by atoms with Gasteiger partial charge in [0, 0.05) is 5.92 Å². The molecule has 0 aromatic heterocycles. The zero-order chi connectivity index (χ0) is 12.1. The standard InChI is InChI=1S/C13H18O3/c1-4-5-12-7-6-11(8-16-12)13(9(2)14)10(3)15/h4,6-7,11-13H,1,5,8H2,2-3H3/t11-,12+/m1/s1. The first kappa shape index (κ1) is 12.8. The quantitative estimate of drug-likeness (QED) is 0.527. The summed E-state index contributed by atoms with van der Waals surface area (Å²) in [6, 6.07) is 0. The lowest BCUT2D eigenvalue weighted by Gasteiger charge is -2.26. The average molecular weight is 222 g/mol. The molecule has 0 radical (unpaired) electrons. The predicted molar refractivity (Wildman–Crippen MR) is 62.0 cm³/mol. The van der Waals surface area contributed by atoms with Crippen molar-refractivity contribution in [1.29, 1.82) is 0 Å². The van der Waals surface area contributed by atoms with Crippen LogP contribution in [0.2, 0.25) is 0 Å². The summed E-state index contributed by atoms with van der Waals surface area (Å²) in [4.78, 5) is 22.7. The summed E-state index contributed by atoms with van der Waals surface area (Å²) in [5.74, 6) is -0.849. The molecule has 0 aromatic rings. The Balaban J connectivity index is 2.69. The summed E-state index contributed by atoms with van der Waals surface area (Å²) in [6.45, 7) is 6.98. The molecular formula is C13H18O3. The van der Waals surface area contributed by atoms with Crippen molar-refractivity contribution in [2.75, 3.05) is 6.61 Å². The fourth-order valence-corrected chi connectivity index (χ4v) is 2.02. The second-order valence-electron chi connectivity index (χ2n) is 4.14. The molecule has 1 heterocycles. The highest BCUT2D eigenvalue weighted by atomic mass is 16.5. The van der Waals surface area contributed by atoms with Crippen LogP contribution in [0.25, 0.3) is 0 Å². The van der Waals surface area contributed by atoms with Crippen molar-refractivity contribution >= 4 is 11.6 Å². The molecule has 0 saturated carbocycles. The van der Waals surface area contributed by atoms with E-state index in [2.05, 4.69) is 6.58 Å². The summed E-state index contributed by atoms with van der Waals surface area (Å²) in [7, 11) is 0. The molecule has 1 aliphatic rings. The largest absolute Gasteiger partial charge is 0.373 e. The molecule has 3 nitrogen and oxygen atoms in total. The van der Waals surface area contributed by atoms with E-state index in [1.807, 2.05) is 12.2 Å². The van der Waals surface area contributed by atoms with Crippen LogP contribution in [0.1, 0.15) is 20.3 Å². The lowest BCUT2D eigenvalue weighted by atomic mass is 9.85. The molecule has 0 bridgehead atoms. The van der Waals surface area contributed by atoms with Crippen molar-refractivity contribution in [3.05, 3.63) is 24.8 Å². The maximum absolute atomic E-state index is 11.4. The Morgan fingerprint density at radius 3 is 2.44 bits per heavy atom. The Labute approximate surface area is 96.2 Å². The summed E-state index contributed by atoms with van der Waals surface area (Å²) in [5.41, 5.74) is 0. The molecule has 0 unspecified atom stereocenters. The summed E-state index contributed by atoms with van der Waals surface area (Å²) >= 11 is 0. The summed E-state index contributed by atoms with van der Waals surface area (Å²) in [6.07, 6.45) is 6.42. The molecule has 2 atom stereocenters. The van der Waals surface area contributed by atoms with E-state index in [-0.39, 0.29) is 23.6 Å². The Kier molecular flexibility index (Phi) is 4.62. The maximum Gasteiger partial charge on any atom is 0.140 e. The Bertz CT molecular complexity index is 303. The van der Waals surface area contributed by atoms with Gasteiger partial charge in [0.05, 0.1) is 18.6 Å². The van der Waals surface area contributed by atoms with Gasteiger partial charge in [0.2, 0.25) is 0 Å². The second-order valence-corrected chi connectivity index (χ2v) is 4.14. The number of rotatable bonds is 5. The number of Topliss-reactive ketones (excluding diaryl/α,β-unsaturated/α-hetero) is 2. The number of carbonyl (C=O) groups excluding carboxylic acids is 2. The highest BCUT2D eigenvalue weighted by molar-refractivity contribution is 6.00. The Morgan fingerprint density at radius 1 is 1.44 bits per heavy atom. The van der Waals surface area contributed by atoms with Gasteiger partial charge in [0.1, 0.15) is 11.6 Å². The molecule has 0 saturated heterocycles. The molecule has 16 heavy (non-hydrogen) atoms. The van der Waals surface area contributed by atoms with Crippen molar-refractivity contribution in [1.82, 2.24) is 0 Å². The molecule has 1 rings (SSSR count). The van der Waals surface area contributed by atoms with Crippen molar-refractivity contribution < 1.29 is 14.3 Å². The molecule has 1 aliphatic heterocycles. The molecule has 0 amide bonds. The normalized spacial score (nSPS) is 24.4. The molecule has 3 heteroatoms. The van der Waals surface area contributed by atoms with Gasteiger partial charge in [-0.1, -0.05) is 18.2 Å². The van der Waals surface area contributed by atoms with E-state index < -0.39 is 5.92 Å². The van der Waals surface area contributed by atoms with Gasteiger partial charge in [-0.2, -0.15) is 0 Å². The minimum absolute atomic E-state index is 0.0355. The van der Waals surface area contributed by atoms with Crippen molar-refractivity contribution in [3.8, 4) is 0 Å². The highest BCUT2D eigenvalue weighted by Crippen LogP contribution is 2.22. The van der Waals surface area contributed by atoms with Gasteiger partial charge in [-0.15, -0.1) is 6.58 Å². The van der Waals surface area contributed by atoms with Crippen LogP contribution in [0, 0.1) is 11.8 Å². The van der Waals surface area contributed by atoms with E-state index in [4.69, 9.17) is 4.74 Å². The van der Waals surface area contributed by atoms with E-state index in [9.17, 15) is 9.59 Å². The summed E-state index contributed by atoms with van der Waals surface area (Å²) < 4.78 is 5.55. The topological polar surface area (TPSA) is 43.4 Å². The van der Waals surface area contributed by atoms with Gasteiger partial charge in [-0.25, -0.2) is 0 Å². The molecular weight excluding hydrogens is 204 g/mol. The number of hydrogen-bond donors (Lipinski definition) is 0. The van der Waals surface area contributed by atoms with Crippen molar-refractivity contribution in [3.63, 3.8) is 0 Å². The molecule has 0 aliphatic carbocycles. The average Bonchev–Trinajstić information content (AvgIpc) is 2.20. The van der Waals surface area contributed by atoms with E-state index in [0.29, 0.717) is 6.61 Å². The Hall–Kier alpha value is -1.22. The van der Waals surface area contributed by atoms with Crippen LogP contribution in [0.4, 0.5) is 0 Å². The zero-order valence-electron chi connectivity index (χ0n) is 9.81. The third kappa shape index (κ3) is 3.14. The fourth-order valence-electron chi connectivity index (χ4n) is 2.02. The van der Waals surface area contributed by atoms with Crippen LogP contribution in [0.15, 0.2) is 24.8 Å². The number of ether oxygens (including phenoxy) is 1. The van der Waals surface area contributed by atoms with Gasteiger partial charge in [-0.05, 0) is 20.3 Å². The molecule has 0 N–H and O–H groups in total. The minimum atomic E-state index is -0.555. The second kappa shape index (κ2) is 5.75. The van der Waals surface area contributed by atoms with E-state index >= 15 is 0 Å². The third-order valence-corrected chi connectivity index (χ3v) is 2.78. The number of carbonyl (C=O) groups is 2. The molecule has 0 aromatic carbocycles. The Morgan fingerprint density at radius 2 is 2.06 bits per heavy atom. The van der Waals surface area contributed by atoms with Crippen LogP contribution in [-0.2, 0) is 14.3 Å². The van der Waals surface area contributed by atoms with Crippen molar-refractivity contribution in [2.45, 2.75) is 26.4 Å². The molecule has 0 spiro atoms. The SMILES string of the molecule is C=CC[C@H]1C=C[C@@H](C(C(C)=O)C(C)=O)CO1. The van der Waals surface area contributed by atoms with Crippen molar-refractivity contribution in [2.24, 2.45) is 11.8 Å². The lowest BCUT2D eigenvalue weighted by Crippen LogP contribution is -2.33. The number of hydrogen-bond acceptors (Lipinski definition) is 3. The van der Waals surface area contributed by atoms with Gasteiger partial charge in [0.25, 0.3) is 0 Å². The van der Waals surface area contributed by atoms with Crippen LogP contribution in [0.5, 0.6) is 0 Å². The smallest absolute Gasteiger partial charge is 0.140 e. The first-order valence-electron chi connectivity index (χ1n) is 5.48. The molecule has 0 fully saturated rings.